The third-order valence-corrected chi connectivity index (χ3v) is 3.26. The summed E-state index contributed by atoms with van der Waals surface area (Å²) >= 11 is 0. The number of aryl methyl sites for hydroxylation is 1. The molecule has 3 heterocycles. The van der Waals surface area contributed by atoms with Crippen LogP contribution in [0, 0.1) is 0 Å². The summed E-state index contributed by atoms with van der Waals surface area (Å²) in [5.41, 5.74) is 0.817. The van der Waals surface area contributed by atoms with Crippen LogP contribution in [0.1, 0.15) is 13.8 Å². The average molecular weight is 261 g/mol. The highest BCUT2D eigenvalue weighted by Crippen LogP contribution is 2.17. The lowest BCUT2D eigenvalue weighted by Crippen LogP contribution is -2.54. The summed E-state index contributed by atoms with van der Waals surface area (Å²) < 4.78 is 1.90. The van der Waals surface area contributed by atoms with Gasteiger partial charge in [-0.3, -0.25) is 5.10 Å². The molecule has 0 aromatic carbocycles. The molecule has 1 saturated heterocycles. The molecule has 2 unspecified atom stereocenters. The van der Waals surface area contributed by atoms with E-state index in [0.717, 1.165) is 30.6 Å². The number of hydrogen-bond acceptors (Lipinski definition) is 5. The van der Waals surface area contributed by atoms with Gasteiger partial charge in [-0.05, 0) is 13.8 Å². The molecular formula is C12H19N7. The van der Waals surface area contributed by atoms with E-state index in [4.69, 9.17) is 0 Å². The molecule has 7 nitrogen and oxygen atoms in total. The highest BCUT2D eigenvalue weighted by molar-refractivity contribution is 5.50. The maximum Gasteiger partial charge on any atom is 0.245 e. The summed E-state index contributed by atoms with van der Waals surface area (Å²) in [6.07, 6.45) is 3.68. The maximum absolute atomic E-state index is 4.54. The Morgan fingerprint density at radius 3 is 2.63 bits per heavy atom. The molecule has 2 aromatic heterocycles. The molecule has 0 bridgehead atoms. The molecule has 0 saturated carbocycles. The summed E-state index contributed by atoms with van der Waals surface area (Å²) in [7, 11) is 1.94. The molecule has 0 spiro atoms. The lowest BCUT2D eigenvalue weighted by atomic mass is 10.1. The van der Waals surface area contributed by atoms with Crippen LogP contribution in [0.2, 0.25) is 0 Å². The van der Waals surface area contributed by atoms with E-state index < -0.39 is 0 Å². The number of rotatable bonds is 2. The van der Waals surface area contributed by atoms with Crippen molar-refractivity contribution in [1.82, 2.24) is 30.0 Å². The van der Waals surface area contributed by atoms with Gasteiger partial charge in [0.15, 0.2) is 5.82 Å². The number of aromatic nitrogens is 5. The van der Waals surface area contributed by atoms with E-state index in [1.54, 1.807) is 6.33 Å². The van der Waals surface area contributed by atoms with Gasteiger partial charge in [0.05, 0.1) is 6.33 Å². The molecule has 0 amide bonds. The zero-order valence-electron chi connectivity index (χ0n) is 11.5. The summed E-state index contributed by atoms with van der Waals surface area (Å²) in [6, 6.07) is 0.890. The molecule has 102 valence electrons. The Morgan fingerprint density at radius 1 is 1.26 bits per heavy atom. The summed E-state index contributed by atoms with van der Waals surface area (Å²) in [5, 5.41) is 10.8. The second-order valence-electron chi connectivity index (χ2n) is 5.28. The molecule has 0 aliphatic carbocycles. The fourth-order valence-corrected chi connectivity index (χ4v) is 2.53. The predicted molar refractivity (Wildman–Crippen MR) is 72.9 cm³/mol. The standard InChI is InChI=1S/C12H19N7/c1-8-4-19(5-9(2)14-8)12-15-11(16-17-12)10-6-18(3)7-13-10/h6-9,14H,4-5H2,1-3H3,(H,15,16,17). The van der Waals surface area contributed by atoms with Crippen LogP contribution in [-0.2, 0) is 7.05 Å². The normalized spacial score (nSPS) is 23.8. The van der Waals surface area contributed by atoms with Crippen molar-refractivity contribution in [2.45, 2.75) is 25.9 Å². The van der Waals surface area contributed by atoms with Crippen molar-refractivity contribution in [3.8, 4) is 11.5 Å². The number of aromatic amines is 1. The Morgan fingerprint density at radius 2 is 2.00 bits per heavy atom. The summed E-state index contributed by atoms with van der Waals surface area (Å²) in [4.78, 5) is 11.0. The second kappa shape index (κ2) is 4.65. The molecule has 2 atom stereocenters. The molecular weight excluding hydrogens is 242 g/mol. The quantitative estimate of drug-likeness (QED) is 0.818. The predicted octanol–water partition coefficient (Wildman–Crippen LogP) is 0.392. The Balaban J connectivity index is 1.81. The van der Waals surface area contributed by atoms with Crippen molar-refractivity contribution in [1.29, 1.82) is 0 Å². The Labute approximate surface area is 112 Å². The van der Waals surface area contributed by atoms with Crippen molar-refractivity contribution in [2.24, 2.45) is 7.05 Å². The topological polar surface area (TPSA) is 74.7 Å². The van der Waals surface area contributed by atoms with Crippen LogP contribution in [-0.4, -0.2) is 49.9 Å². The van der Waals surface area contributed by atoms with E-state index in [9.17, 15) is 0 Å². The van der Waals surface area contributed by atoms with E-state index in [0.29, 0.717) is 12.1 Å². The number of piperazine rings is 1. The Bertz CT molecular complexity index is 548. The van der Waals surface area contributed by atoms with Gasteiger partial charge >= 0.3 is 0 Å². The van der Waals surface area contributed by atoms with Crippen LogP contribution in [0.15, 0.2) is 12.5 Å². The largest absolute Gasteiger partial charge is 0.340 e. The van der Waals surface area contributed by atoms with Gasteiger partial charge in [-0.15, -0.1) is 5.10 Å². The first-order chi connectivity index (χ1) is 9.11. The summed E-state index contributed by atoms with van der Waals surface area (Å²) in [5.74, 6) is 1.47. The van der Waals surface area contributed by atoms with E-state index in [-0.39, 0.29) is 0 Å². The average Bonchev–Trinajstić information content (AvgIpc) is 2.95. The Kier molecular flexibility index (Phi) is 2.98. The highest BCUT2D eigenvalue weighted by atomic mass is 15.4. The molecule has 3 rings (SSSR count). The third-order valence-electron chi connectivity index (χ3n) is 3.26. The minimum absolute atomic E-state index is 0.445. The third kappa shape index (κ3) is 2.46. The van der Waals surface area contributed by atoms with Crippen LogP contribution >= 0.6 is 0 Å². The van der Waals surface area contributed by atoms with Crippen LogP contribution in [0.25, 0.3) is 11.5 Å². The highest BCUT2D eigenvalue weighted by Gasteiger charge is 2.24. The summed E-state index contributed by atoms with van der Waals surface area (Å²) in [6.45, 7) is 6.19. The number of hydrogen-bond donors (Lipinski definition) is 2. The molecule has 1 aliphatic heterocycles. The van der Waals surface area contributed by atoms with Gasteiger partial charge in [0.2, 0.25) is 5.95 Å². The minimum atomic E-state index is 0.445. The van der Waals surface area contributed by atoms with Gasteiger partial charge in [-0.2, -0.15) is 4.98 Å². The minimum Gasteiger partial charge on any atom is -0.340 e. The first-order valence-corrected chi connectivity index (χ1v) is 6.53. The van der Waals surface area contributed by atoms with Crippen LogP contribution in [0.5, 0.6) is 0 Å². The fraction of sp³-hybridized carbons (Fsp3) is 0.583. The van der Waals surface area contributed by atoms with Crippen LogP contribution in [0.3, 0.4) is 0 Å². The van der Waals surface area contributed by atoms with Gasteiger partial charge in [0.1, 0.15) is 5.69 Å². The molecule has 1 aliphatic rings. The van der Waals surface area contributed by atoms with Crippen molar-refractivity contribution < 1.29 is 0 Å². The molecule has 2 N–H and O–H groups in total. The van der Waals surface area contributed by atoms with E-state index in [2.05, 4.69) is 44.2 Å². The van der Waals surface area contributed by atoms with E-state index >= 15 is 0 Å². The van der Waals surface area contributed by atoms with E-state index in [1.165, 1.54) is 0 Å². The van der Waals surface area contributed by atoms with Crippen LogP contribution in [0.4, 0.5) is 5.95 Å². The second-order valence-corrected chi connectivity index (χ2v) is 5.28. The van der Waals surface area contributed by atoms with Gasteiger partial charge in [0, 0.05) is 38.4 Å². The number of nitrogens with zero attached hydrogens (tertiary/aromatic N) is 5. The zero-order valence-corrected chi connectivity index (χ0v) is 11.5. The first-order valence-electron chi connectivity index (χ1n) is 6.53. The lowest BCUT2D eigenvalue weighted by Gasteiger charge is -2.35. The monoisotopic (exact) mass is 261 g/mol. The zero-order chi connectivity index (χ0) is 13.4. The van der Waals surface area contributed by atoms with Crippen molar-refractivity contribution in [3.05, 3.63) is 12.5 Å². The smallest absolute Gasteiger partial charge is 0.245 e. The lowest BCUT2D eigenvalue weighted by molar-refractivity contribution is 0.403. The molecule has 0 radical (unpaired) electrons. The van der Waals surface area contributed by atoms with Gasteiger partial charge in [-0.1, -0.05) is 0 Å². The van der Waals surface area contributed by atoms with Crippen LogP contribution < -0.4 is 10.2 Å². The number of H-pyrrole nitrogens is 1. The van der Waals surface area contributed by atoms with Gasteiger partial charge in [-0.25, -0.2) is 4.98 Å². The van der Waals surface area contributed by atoms with Gasteiger partial charge in [0.25, 0.3) is 0 Å². The molecule has 1 fully saturated rings. The Hall–Kier alpha value is -1.89. The fourth-order valence-electron chi connectivity index (χ4n) is 2.53. The maximum atomic E-state index is 4.54. The van der Waals surface area contributed by atoms with Crippen molar-refractivity contribution >= 4 is 5.95 Å². The molecule has 7 heteroatoms. The molecule has 2 aromatic rings. The first kappa shape index (κ1) is 12.2. The number of nitrogens with one attached hydrogen (secondary N) is 2. The number of imidazole rings is 1. The SMILES string of the molecule is CC1CN(c2n[nH]c(-c3cn(C)cn3)n2)CC(C)N1. The van der Waals surface area contributed by atoms with Crippen molar-refractivity contribution in [3.63, 3.8) is 0 Å². The van der Waals surface area contributed by atoms with Gasteiger partial charge < -0.3 is 14.8 Å². The molecule has 19 heavy (non-hydrogen) atoms. The number of anilines is 1. The van der Waals surface area contributed by atoms with Crippen molar-refractivity contribution in [2.75, 3.05) is 18.0 Å². The van der Waals surface area contributed by atoms with E-state index in [1.807, 2.05) is 17.8 Å².